The summed E-state index contributed by atoms with van der Waals surface area (Å²) >= 11 is 3.63. The SMILES string of the molecule is CCC(C/C=N\OC)OCN(C)OS. The van der Waals surface area contributed by atoms with E-state index in [4.69, 9.17) is 4.74 Å². The van der Waals surface area contributed by atoms with Crippen LogP contribution in [0.4, 0.5) is 0 Å². The fraction of sp³-hybridized carbons (Fsp3) is 0.875. The third kappa shape index (κ3) is 7.14. The van der Waals surface area contributed by atoms with Gasteiger partial charge in [0, 0.05) is 19.7 Å². The van der Waals surface area contributed by atoms with Crippen molar-refractivity contribution in [3.63, 3.8) is 0 Å². The van der Waals surface area contributed by atoms with Crippen LogP contribution in [0.15, 0.2) is 5.16 Å². The minimum atomic E-state index is 0.125. The molecule has 0 saturated carbocycles. The third-order valence-corrected chi connectivity index (χ3v) is 1.91. The Morgan fingerprint density at radius 2 is 2.29 bits per heavy atom. The van der Waals surface area contributed by atoms with Gasteiger partial charge in [-0.1, -0.05) is 12.1 Å². The minimum Gasteiger partial charge on any atom is -0.399 e. The summed E-state index contributed by atoms with van der Waals surface area (Å²) in [6.07, 6.45) is 3.45. The summed E-state index contributed by atoms with van der Waals surface area (Å²) in [7, 11) is 3.25. The normalized spacial score (nSPS) is 13.8. The van der Waals surface area contributed by atoms with Crippen molar-refractivity contribution >= 4 is 19.1 Å². The lowest BCUT2D eigenvalue weighted by Gasteiger charge is -2.17. The average molecular weight is 222 g/mol. The molecule has 0 amide bonds. The number of nitrogens with zero attached hydrogens (tertiary/aromatic N) is 2. The van der Waals surface area contributed by atoms with Crippen molar-refractivity contribution < 1.29 is 13.9 Å². The number of oxime groups is 1. The van der Waals surface area contributed by atoms with Gasteiger partial charge in [-0.05, 0) is 19.3 Å². The van der Waals surface area contributed by atoms with Gasteiger partial charge in [-0.15, -0.1) is 0 Å². The van der Waals surface area contributed by atoms with Crippen LogP contribution in [-0.2, 0) is 13.9 Å². The summed E-state index contributed by atoms with van der Waals surface area (Å²) in [5.74, 6) is 0. The van der Waals surface area contributed by atoms with Gasteiger partial charge in [0.25, 0.3) is 0 Å². The maximum Gasteiger partial charge on any atom is 0.123 e. The lowest BCUT2D eigenvalue weighted by Crippen LogP contribution is -2.23. The molecule has 0 aliphatic rings. The van der Waals surface area contributed by atoms with Crippen molar-refractivity contribution in [2.45, 2.75) is 25.9 Å². The first-order valence-corrected chi connectivity index (χ1v) is 4.80. The van der Waals surface area contributed by atoms with Crippen LogP contribution in [0.25, 0.3) is 0 Å². The summed E-state index contributed by atoms with van der Waals surface area (Å²) in [4.78, 5) is 4.55. The van der Waals surface area contributed by atoms with Crippen molar-refractivity contribution in [3.05, 3.63) is 0 Å². The molecule has 1 unspecified atom stereocenters. The van der Waals surface area contributed by atoms with Gasteiger partial charge in [0.15, 0.2) is 0 Å². The standard InChI is InChI=1S/C8H18N2O3S/c1-4-8(5-6-9-11-3)12-7-10(2)13-14/h6,8,14H,4-5,7H2,1-3H3/b9-6-. The molecule has 0 aromatic carbocycles. The molecule has 14 heavy (non-hydrogen) atoms. The molecule has 0 radical (unpaired) electrons. The Hall–Kier alpha value is -0.300. The highest BCUT2D eigenvalue weighted by atomic mass is 32.1. The second-order valence-corrected chi connectivity index (χ2v) is 2.91. The van der Waals surface area contributed by atoms with Gasteiger partial charge >= 0.3 is 0 Å². The highest BCUT2D eigenvalue weighted by molar-refractivity contribution is 7.75. The van der Waals surface area contributed by atoms with Crippen molar-refractivity contribution in [3.8, 4) is 0 Å². The van der Waals surface area contributed by atoms with Crippen molar-refractivity contribution in [1.29, 1.82) is 0 Å². The Balaban J connectivity index is 3.62. The summed E-state index contributed by atoms with van der Waals surface area (Å²) in [6.45, 7) is 2.43. The van der Waals surface area contributed by atoms with E-state index in [2.05, 4.69) is 27.2 Å². The van der Waals surface area contributed by atoms with Crippen LogP contribution < -0.4 is 0 Å². The van der Waals surface area contributed by atoms with E-state index >= 15 is 0 Å². The van der Waals surface area contributed by atoms with Gasteiger partial charge in [-0.3, -0.25) is 0 Å². The molecule has 1 atom stereocenters. The van der Waals surface area contributed by atoms with Crippen LogP contribution >= 0.6 is 12.9 Å². The first-order valence-electron chi connectivity index (χ1n) is 4.43. The van der Waals surface area contributed by atoms with Crippen LogP contribution in [0, 0.1) is 0 Å². The Morgan fingerprint density at radius 3 is 2.79 bits per heavy atom. The predicted molar refractivity (Wildman–Crippen MR) is 58.0 cm³/mol. The Kier molecular flexibility index (Phi) is 9.06. The quantitative estimate of drug-likeness (QED) is 0.222. The maximum absolute atomic E-state index is 5.50. The van der Waals surface area contributed by atoms with Crippen LogP contribution in [0.1, 0.15) is 19.8 Å². The van der Waals surface area contributed by atoms with Gasteiger partial charge in [-0.25, -0.2) is 4.28 Å². The molecule has 84 valence electrons. The number of hydroxylamine groups is 2. The van der Waals surface area contributed by atoms with Gasteiger partial charge in [0.1, 0.15) is 13.8 Å². The molecule has 0 aliphatic heterocycles. The smallest absolute Gasteiger partial charge is 0.123 e. The topological polar surface area (TPSA) is 43.3 Å². The van der Waals surface area contributed by atoms with Gasteiger partial charge in [-0.2, -0.15) is 5.06 Å². The maximum atomic E-state index is 5.50. The molecule has 0 bridgehead atoms. The lowest BCUT2D eigenvalue weighted by molar-refractivity contribution is -0.121. The van der Waals surface area contributed by atoms with Crippen LogP contribution in [-0.4, -0.2) is 38.3 Å². The van der Waals surface area contributed by atoms with Crippen molar-refractivity contribution in [1.82, 2.24) is 5.06 Å². The zero-order valence-electron chi connectivity index (χ0n) is 8.84. The molecule has 0 N–H and O–H groups in total. The summed E-state index contributed by atoms with van der Waals surface area (Å²) < 4.78 is 10.1. The van der Waals surface area contributed by atoms with Crippen LogP contribution in [0.5, 0.6) is 0 Å². The molecule has 5 nitrogen and oxygen atoms in total. The van der Waals surface area contributed by atoms with E-state index in [9.17, 15) is 0 Å². The molecule has 0 aliphatic carbocycles. The van der Waals surface area contributed by atoms with E-state index < -0.39 is 0 Å². The molecule has 0 aromatic rings. The predicted octanol–water partition coefficient (Wildman–Crippen LogP) is 1.47. The average Bonchev–Trinajstić information content (AvgIpc) is 2.22. The summed E-state index contributed by atoms with van der Waals surface area (Å²) in [5, 5.41) is 5.13. The molecule has 0 aromatic heterocycles. The van der Waals surface area contributed by atoms with Gasteiger partial charge in [0.2, 0.25) is 0 Å². The van der Waals surface area contributed by atoms with Crippen molar-refractivity contribution in [2.75, 3.05) is 20.9 Å². The number of rotatable bonds is 8. The van der Waals surface area contributed by atoms with E-state index in [0.717, 1.165) is 12.8 Å². The fourth-order valence-electron chi connectivity index (χ4n) is 0.822. The van der Waals surface area contributed by atoms with E-state index in [-0.39, 0.29) is 6.10 Å². The highest BCUT2D eigenvalue weighted by Gasteiger charge is 2.06. The molecule has 0 heterocycles. The van der Waals surface area contributed by atoms with Crippen molar-refractivity contribution in [2.24, 2.45) is 5.16 Å². The molecule has 6 heteroatoms. The van der Waals surface area contributed by atoms with Crippen LogP contribution in [0.2, 0.25) is 0 Å². The fourth-order valence-corrected chi connectivity index (χ4v) is 0.869. The molecular weight excluding hydrogens is 204 g/mol. The Morgan fingerprint density at radius 1 is 1.57 bits per heavy atom. The van der Waals surface area contributed by atoms with E-state index in [1.54, 1.807) is 13.3 Å². The van der Waals surface area contributed by atoms with E-state index in [1.165, 1.54) is 12.2 Å². The summed E-state index contributed by atoms with van der Waals surface area (Å²) in [6, 6.07) is 0. The Bertz CT molecular complexity index is 158. The lowest BCUT2D eigenvalue weighted by atomic mass is 10.2. The van der Waals surface area contributed by atoms with E-state index in [1.807, 2.05) is 6.92 Å². The first-order chi connectivity index (χ1) is 6.74. The van der Waals surface area contributed by atoms with Gasteiger partial charge in [0.05, 0.1) is 6.10 Å². The second-order valence-electron chi connectivity index (χ2n) is 2.74. The van der Waals surface area contributed by atoms with Crippen LogP contribution in [0.3, 0.4) is 0 Å². The second kappa shape index (κ2) is 9.26. The third-order valence-electron chi connectivity index (χ3n) is 1.64. The van der Waals surface area contributed by atoms with E-state index in [0.29, 0.717) is 6.73 Å². The molecular formula is C8H18N2O3S. The molecule has 0 fully saturated rings. The number of hydrogen-bond acceptors (Lipinski definition) is 6. The number of hydrogen-bond donors (Lipinski definition) is 1. The monoisotopic (exact) mass is 222 g/mol. The number of ether oxygens (including phenoxy) is 1. The molecule has 0 spiro atoms. The molecule has 0 rings (SSSR count). The largest absolute Gasteiger partial charge is 0.399 e. The number of thiol groups is 1. The zero-order chi connectivity index (χ0) is 10.8. The first kappa shape index (κ1) is 13.7. The Labute approximate surface area is 90.6 Å². The highest BCUT2D eigenvalue weighted by Crippen LogP contribution is 2.03. The minimum absolute atomic E-state index is 0.125. The summed E-state index contributed by atoms with van der Waals surface area (Å²) in [5.41, 5.74) is 0. The molecule has 0 saturated heterocycles. The zero-order valence-corrected chi connectivity index (χ0v) is 9.74. The van der Waals surface area contributed by atoms with Gasteiger partial charge < -0.3 is 9.57 Å².